The Balaban J connectivity index is 2.53. The Morgan fingerprint density at radius 1 is 1.14 bits per heavy atom. The number of hydrogen-bond donors (Lipinski definition) is 1. The highest BCUT2D eigenvalue weighted by atomic mass is 19.1. The summed E-state index contributed by atoms with van der Waals surface area (Å²) in [5.74, 6) is -4.61. The summed E-state index contributed by atoms with van der Waals surface area (Å²) in [6, 6.07) is 6.12. The van der Waals surface area contributed by atoms with Crippen LogP contribution in [0.5, 0.6) is 11.5 Å². The normalized spacial score (nSPS) is 10.2. The highest BCUT2D eigenvalue weighted by Crippen LogP contribution is 2.34. The van der Waals surface area contributed by atoms with E-state index in [1.165, 1.54) is 18.2 Å². The predicted octanol–water partition coefficient (Wildman–Crippen LogP) is 3.36. The molecule has 0 spiro atoms. The molecule has 2 rings (SSSR count). The number of halogens is 2. The van der Waals surface area contributed by atoms with Crippen LogP contribution in [0.4, 0.5) is 14.5 Å². The Bertz CT molecular complexity index is 732. The number of ether oxygens (including phenoxy) is 1. The van der Waals surface area contributed by atoms with Gasteiger partial charge in [-0.1, -0.05) is 12.1 Å². The van der Waals surface area contributed by atoms with Gasteiger partial charge in [0, 0.05) is 12.1 Å². The molecule has 0 saturated carbocycles. The summed E-state index contributed by atoms with van der Waals surface area (Å²) < 4.78 is 32.0. The Morgan fingerprint density at radius 3 is 2.38 bits per heavy atom. The zero-order chi connectivity index (χ0) is 15.6. The molecule has 0 atom stereocenters. The second-order valence-electron chi connectivity index (χ2n) is 3.89. The fourth-order valence-electron chi connectivity index (χ4n) is 1.58. The number of carbonyl (C=O) groups is 1. The molecule has 6 nitrogen and oxygen atoms in total. The van der Waals surface area contributed by atoms with Crippen molar-refractivity contribution >= 4 is 11.7 Å². The van der Waals surface area contributed by atoms with Gasteiger partial charge in [-0.05, 0) is 12.1 Å². The highest BCUT2D eigenvalue weighted by Gasteiger charge is 2.24. The van der Waals surface area contributed by atoms with Crippen molar-refractivity contribution in [3.8, 4) is 11.5 Å². The van der Waals surface area contributed by atoms with Crippen molar-refractivity contribution in [2.45, 2.75) is 0 Å². The molecule has 108 valence electrons. The summed E-state index contributed by atoms with van der Waals surface area (Å²) in [6.45, 7) is 0. The first-order chi connectivity index (χ1) is 9.90. The molecule has 0 aromatic heterocycles. The number of benzene rings is 2. The van der Waals surface area contributed by atoms with Gasteiger partial charge in [-0.15, -0.1) is 0 Å². The third-order valence-electron chi connectivity index (χ3n) is 2.53. The van der Waals surface area contributed by atoms with Crippen molar-refractivity contribution in [1.82, 2.24) is 0 Å². The molecule has 2 aromatic carbocycles. The molecule has 0 aliphatic rings. The van der Waals surface area contributed by atoms with Crippen LogP contribution < -0.4 is 4.74 Å². The second-order valence-corrected chi connectivity index (χ2v) is 3.89. The molecule has 21 heavy (non-hydrogen) atoms. The average molecular weight is 295 g/mol. The molecule has 0 saturated heterocycles. The van der Waals surface area contributed by atoms with Crippen LogP contribution in [0.3, 0.4) is 0 Å². The topological polar surface area (TPSA) is 89.7 Å². The standard InChI is InChI=1S/C13H7F2NO5/c14-8-3-1-2-4-11(8)21-12-6-9(15)7(13(17)18)5-10(12)16(19)20/h1-6H,(H,17,18). The molecule has 0 bridgehead atoms. The first-order valence-electron chi connectivity index (χ1n) is 5.53. The van der Waals surface area contributed by atoms with E-state index in [-0.39, 0.29) is 5.75 Å². The van der Waals surface area contributed by atoms with Gasteiger partial charge < -0.3 is 9.84 Å². The number of nitro groups is 1. The Kier molecular flexibility index (Phi) is 3.79. The number of aromatic carboxylic acids is 1. The van der Waals surface area contributed by atoms with Crippen molar-refractivity contribution in [3.63, 3.8) is 0 Å². The summed E-state index contributed by atoms with van der Waals surface area (Å²) in [4.78, 5) is 20.7. The average Bonchev–Trinajstić information content (AvgIpc) is 2.40. The van der Waals surface area contributed by atoms with Gasteiger partial charge in [0.05, 0.1) is 4.92 Å². The third-order valence-corrected chi connectivity index (χ3v) is 2.53. The summed E-state index contributed by atoms with van der Waals surface area (Å²) in [5.41, 5.74) is -1.65. The van der Waals surface area contributed by atoms with Crippen molar-refractivity contribution in [3.05, 3.63) is 63.7 Å². The molecular weight excluding hydrogens is 288 g/mol. The molecule has 0 amide bonds. The lowest BCUT2D eigenvalue weighted by Gasteiger charge is -2.08. The molecule has 0 unspecified atom stereocenters. The van der Waals surface area contributed by atoms with E-state index in [4.69, 9.17) is 9.84 Å². The molecule has 8 heteroatoms. The van der Waals surface area contributed by atoms with Crippen LogP contribution in [-0.2, 0) is 0 Å². The van der Waals surface area contributed by atoms with E-state index in [2.05, 4.69) is 0 Å². The molecule has 2 aromatic rings. The van der Waals surface area contributed by atoms with Crippen molar-refractivity contribution in [2.24, 2.45) is 0 Å². The minimum Gasteiger partial charge on any atom is -0.478 e. The zero-order valence-corrected chi connectivity index (χ0v) is 10.2. The third kappa shape index (κ3) is 2.94. The molecule has 1 N–H and O–H groups in total. The smallest absolute Gasteiger partial charge is 0.338 e. The van der Waals surface area contributed by atoms with E-state index in [1.807, 2.05) is 0 Å². The Hall–Kier alpha value is -3.03. The van der Waals surface area contributed by atoms with Crippen LogP contribution in [0, 0.1) is 21.7 Å². The SMILES string of the molecule is O=C(O)c1cc([N+](=O)[O-])c(Oc2ccccc2F)cc1F. The van der Waals surface area contributed by atoms with Crippen LogP contribution >= 0.6 is 0 Å². The van der Waals surface area contributed by atoms with E-state index in [0.29, 0.717) is 12.1 Å². The van der Waals surface area contributed by atoms with Gasteiger partial charge in [-0.3, -0.25) is 10.1 Å². The van der Waals surface area contributed by atoms with Crippen LogP contribution in [0.1, 0.15) is 10.4 Å². The lowest BCUT2D eigenvalue weighted by atomic mass is 10.1. The maximum atomic E-state index is 13.6. The van der Waals surface area contributed by atoms with Gasteiger partial charge in [0.25, 0.3) is 0 Å². The molecule has 0 radical (unpaired) electrons. The molecule has 0 aliphatic carbocycles. The summed E-state index contributed by atoms with van der Waals surface area (Å²) in [7, 11) is 0. The predicted molar refractivity (Wildman–Crippen MR) is 66.5 cm³/mol. The van der Waals surface area contributed by atoms with Gasteiger partial charge in [-0.2, -0.15) is 0 Å². The molecule has 0 aliphatic heterocycles. The lowest BCUT2D eigenvalue weighted by Crippen LogP contribution is -2.04. The maximum Gasteiger partial charge on any atom is 0.338 e. The number of hydrogen-bond acceptors (Lipinski definition) is 4. The van der Waals surface area contributed by atoms with Crippen molar-refractivity contribution in [1.29, 1.82) is 0 Å². The minimum absolute atomic E-state index is 0.344. The number of carboxylic acid groups (broad SMARTS) is 1. The first-order valence-corrected chi connectivity index (χ1v) is 5.53. The number of para-hydroxylation sites is 1. The largest absolute Gasteiger partial charge is 0.478 e. The Morgan fingerprint density at radius 2 is 1.81 bits per heavy atom. The summed E-state index contributed by atoms with van der Waals surface area (Å²) >= 11 is 0. The first kappa shape index (κ1) is 14.4. The number of nitro benzene ring substituents is 1. The van der Waals surface area contributed by atoms with Crippen molar-refractivity contribution in [2.75, 3.05) is 0 Å². The van der Waals surface area contributed by atoms with Gasteiger partial charge in [0.1, 0.15) is 11.4 Å². The van der Waals surface area contributed by atoms with Gasteiger partial charge in [0.2, 0.25) is 5.75 Å². The Labute approximate surface area is 116 Å². The fraction of sp³-hybridized carbons (Fsp3) is 0. The van der Waals surface area contributed by atoms with Gasteiger partial charge in [-0.25, -0.2) is 13.6 Å². The summed E-state index contributed by atoms with van der Waals surface area (Å²) in [6.07, 6.45) is 0. The van der Waals surface area contributed by atoms with E-state index in [0.717, 1.165) is 6.07 Å². The van der Waals surface area contributed by atoms with E-state index in [9.17, 15) is 23.7 Å². The van der Waals surface area contributed by atoms with Crippen LogP contribution in [0.2, 0.25) is 0 Å². The fourth-order valence-corrected chi connectivity index (χ4v) is 1.58. The van der Waals surface area contributed by atoms with E-state index >= 15 is 0 Å². The molecule has 0 fully saturated rings. The minimum atomic E-state index is -1.66. The monoisotopic (exact) mass is 295 g/mol. The second kappa shape index (κ2) is 5.53. The zero-order valence-electron chi connectivity index (χ0n) is 10.2. The molecular formula is C13H7F2NO5. The quantitative estimate of drug-likeness (QED) is 0.690. The number of nitrogens with zero attached hydrogens (tertiary/aromatic N) is 1. The number of carboxylic acids is 1. The van der Waals surface area contributed by atoms with Gasteiger partial charge in [0.15, 0.2) is 11.6 Å². The van der Waals surface area contributed by atoms with Gasteiger partial charge >= 0.3 is 11.7 Å². The van der Waals surface area contributed by atoms with Crippen LogP contribution in [0.25, 0.3) is 0 Å². The lowest BCUT2D eigenvalue weighted by molar-refractivity contribution is -0.385. The van der Waals surface area contributed by atoms with E-state index < -0.39 is 39.5 Å². The highest BCUT2D eigenvalue weighted by molar-refractivity contribution is 5.89. The maximum absolute atomic E-state index is 13.6. The summed E-state index contributed by atoms with van der Waals surface area (Å²) in [5, 5.41) is 19.6. The van der Waals surface area contributed by atoms with E-state index in [1.54, 1.807) is 0 Å². The number of rotatable bonds is 4. The van der Waals surface area contributed by atoms with Crippen LogP contribution in [-0.4, -0.2) is 16.0 Å². The van der Waals surface area contributed by atoms with Crippen LogP contribution in [0.15, 0.2) is 36.4 Å². The van der Waals surface area contributed by atoms with Crippen molar-refractivity contribution < 1.29 is 28.3 Å². The molecule has 0 heterocycles.